The number of aliphatic hydroxyl groups excluding tert-OH is 1. The first kappa shape index (κ1) is 16.0. The van der Waals surface area contributed by atoms with E-state index >= 15 is 0 Å². The molecule has 1 fully saturated rings. The van der Waals surface area contributed by atoms with Crippen LogP contribution < -0.4 is 10.6 Å². The molecule has 2 rings (SSSR count). The number of aromatic nitrogens is 2. The molecule has 0 bridgehead atoms. The van der Waals surface area contributed by atoms with Crippen LogP contribution in [-0.2, 0) is 0 Å². The zero-order chi connectivity index (χ0) is 15.3. The van der Waals surface area contributed by atoms with Gasteiger partial charge in [0.1, 0.15) is 17.5 Å². The van der Waals surface area contributed by atoms with Gasteiger partial charge in [-0.25, -0.2) is 9.97 Å². The molecule has 1 heterocycles. The maximum absolute atomic E-state index is 8.97. The number of rotatable bonds is 9. The molecule has 0 unspecified atom stereocenters. The molecule has 118 valence electrons. The summed E-state index contributed by atoms with van der Waals surface area (Å²) in [6.07, 6.45) is 4.25. The van der Waals surface area contributed by atoms with Crippen molar-refractivity contribution in [3.63, 3.8) is 0 Å². The van der Waals surface area contributed by atoms with E-state index < -0.39 is 0 Å². The fourth-order valence-corrected chi connectivity index (χ4v) is 2.33. The van der Waals surface area contributed by atoms with Gasteiger partial charge in [0.15, 0.2) is 0 Å². The molecule has 0 aromatic carbocycles. The second-order valence-electron chi connectivity index (χ2n) is 6.65. The largest absolute Gasteiger partial charge is 0.396 e. The van der Waals surface area contributed by atoms with Crippen LogP contribution in [0, 0.1) is 5.41 Å². The molecule has 3 N–H and O–H groups in total. The topological polar surface area (TPSA) is 70.1 Å². The van der Waals surface area contributed by atoms with Gasteiger partial charge in [0.2, 0.25) is 0 Å². The zero-order valence-corrected chi connectivity index (χ0v) is 13.4. The predicted octanol–water partition coefficient (Wildman–Crippen LogP) is 3.00. The fraction of sp³-hybridized carbons (Fsp3) is 0.750. The van der Waals surface area contributed by atoms with E-state index in [1.807, 2.05) is 6.07 Å². The molecule has 5 nitrogen and oxygen atoms in total. The molecule has 0 saturated heterocycles. The van der Waals surface area contributed by atoms with Crippen LogP contribution in [-0.4, -0.2) is 34.8 Å². The lowest BCUT2D eigenvalue weighted by atomic mass is 9.88. The summed E-state index contributed by atoms with van der Waals surface area (Å²) in [6, 6.07) is 1.98. The normalized spacial score (nSPS) is 15.0. The maximum Gasteiger partial charge on any atom is 0.136 e. The average molecular weight is 292 g/mol. The molecule has 1 saturated carbocycles. The van der Waals surface area contributed by atoms with Crippen molar-refractivity contribution in [2.24, 2.45) is 5.41 Å². The molecule has 1 aliphatic rings. The molecule has 5 heteroatoms. The summed E-state index contributed by atoms with van der Waals surface area (Å²) < 4.78 is 0. The molecular formula is C16H28N4O. The predicted molar refractivity (Wildman–Crippen MR) is 86.8 cm³/mol. The van der Waals surface area contributed by atoms with E-state index in [0.29, 0.717) is 5.92 Å². The Morgan fingerprint density at radius 1 is 1.24 bits per heavy atom. The third-order valence-electron chi connectivity index (χ3n) is 3.80. The lowest BCUT2D eigenvalue weighted by Crippen LogP contribution is -2.24. The number of nitrogens with zero attached hydrogens (tertiary/aromatic N) is 2. The summed E-state index contributed by atoms with van der Waals surface area (Å²) >= 11 is 0. The van der Waals surface area contributed by atoms with Gasteiger partial charge in [-0.15, -0.1) is 0 Å². The number of hydrogen-bond donors (Lipinski definition) is 3. The first-order chi connectivity index (χ1) is 10.0. The van der Waals surface area contributed by atoms with Gasteiger partial charge >= 0.3 is 0 Å². The Balaban J connectivity index is 2.01. The molecule has 0 radical (unpaired) electrons. The van der Waals surface area contributed by atoms with Crippen LogP contribution in [0.15, 0.2) is 6.07 Å². The summed E-state index contributed by atoms with van der Waals surface area (Å²) in [5.74, 6) is 3.32. The van der Waals surface area contributed by atoms with Crippen LogP contribution in [0.4, 0.5) is 11.6 Å². The van der Waals surface area contributed by atoms with E-state index in [4.69, 9.17) is 5.11 Å². The number of aliphatic hydroxyl groups is 1. The summed E-state index contributed by atoms with van der Waals surface area (Å²) in [5.41, 5.74) is 0.145. The third-order valence-corrected chi connectivity index (χ3v) is 3.80. The van der Waals surface area contributed by atoms with Gasteiger partial charge < -0.3 is 15.7 Å². The number of hydrogen-bond acceptors (Lipinski definition) is 5. The molecule has 21 heavy (non-hydrogen) atoms. The standard InChI is InChI=1S/C16H28N4O/c1-4-17-13-10-14(20-15(19-13)12-6-7-12)18-11-16(2,3)8-5-9-21/h10,12,21H,4-9,11H2,1-3H3,(H2,17,18,19,20). The van der Waals surface area contributed by atoms with Gasteiger partial charge in [0, 0.05) is 31.7 Å². The van der Waals surface area contributed by atoms with E-state index in [0.717, 1.165) is 43.4 Å². The highest BCUT2D eigenvalue weighted by Crippen LogP contribution is 2.39. The van der Waals surface area contributed by atoms with Gasteiger partial charge in [0.25, 0.3) is 0 Å². The van der Waals surface area contributed by atoms with Gasteiger partial charge in [-0.05, 0) is 38.0 Å². The Hall–Kier alpha value is -1.36. The molecule has 0 amide bonds. The monoisotopic (exact) mass is 292 g/mol. The van der Waals surface area contributed by atoms with Gasteiger partial charge in [-0.3, -0.25) is 0 Å². The minimum atomic E-state index is 0.145. The molecule has 1 aliphatic carbocycles. The third kappa shape index (κ3) is 5.16. The van der Waals surface area contributed by atoms with E-state index in [9.17, 15) is 0 Å². The minimum absolute atomic E-state index is 0.145. The van der Waals surface area contributed by atoms with E-state index in [1.54, 1.807) is 0 Å². The lowest BCUT2D eigenvalue weighted by Gasteiger charge is -2.25. The van der Waals surface area contributed by atoms with Crippen molar-refractivity contribution in [1.82, 2.24) is 9.97 Å². The number of nitrogens with one attached hydrogen (secondary N) is 2. The van der Waals surface area contributed by atoms with Crippen LogP contribution in [0.3, 0.4) is 0 Å². The number of anilines is 2. The van der Waals surface area contributed by atoms with Crippen molar-refractivity contribution < 1.29 is 5.11 Å². The first-order valence-electron chi connectivity index (χ1n) is 8.01. The van der Waals surface area contributed by atoms with Gasteiger partial charge in [-0.2, -0.15) is 0 Å². The second kappa shape index (κ2) is 7.07. The first-order valence-corrected chi connectivity index (χ1v) is 8.01. The summed E-state index contributed by atoms with van der Waals surface area (Å²) in [4.78, 5) is 9.23. The van der Waals surface area contributed by atoms with Crippen molar-refractivity contribution in [2.45, 2.75) is 52.4 Å². The maximum atomic E-state index is 8.97. The van der Waals surface area contributed by atoms with E-state index in [-0.39, 0.29) is 12.0 Å². The van der Waals surface area contributed by atoms with E-state index in [2.05, 4.69) is 41.4 Å². The molecular weight excluding hydrogens is 264 g/mol. The summed E-state index contributed by atoms with van der Waals surface area (Å²) in [5, 5.41) is 15.7. The lowest BCUT2D eigenvalue weighted by molar-refractivity contribution is 0.248. The molecule has 0 atom stereocenters. The van der Waals surface area contributed by atoms with Crippen molar-refractivity contribution in [3.8, 4) is 0 Å². The van der Waals surface area contributed by atoms with Crippen LogP contribution in [0.5, 0.6) is 0 Å². The quantitative estimate of drug-likeness (QED) is 0.653. The van der Waals surface area contributed by atoms with Crippen molar-refractivity contribution in [3.05, 3.63) is 11.9 Å². The molecule has 0 aliphatic heterocycles. The summed E-state index contributed by atoms with van der Waals surface area (Å²) in [6.45, 7) is 8.47. The van der Waals surface area contributed by atoms with Crippen molar-refractivity contribution in [2.75, 3.05) is 30.3 Å². The average Bonchev–Trinajstić information content (AvgIpc) is 3.28. The Morgan fingerprint density at radius 2 is 1.90 bits per heavy atom. The molecule has 1 aromatic heterocycles. The Morgan fingerprint density at radius 3 is 2.48 bits per heavy atom. The fourth-order valence-electron chi connectivity index (χ4n) is 2.33. The SMILES string of the molecule is CCNc1cc(NCC(C)(C)CCCO)nc(C2CC2)n1. The Kier molecular flexibility index (Phi) is 5.39. The highest BCUT2D eigenvalue weighted by molar-refractivity contribution is 5.48. The van der Waals surface area contributed by atoms with Crippen LogP contribution in [0.25, 0.3) is 0 Å². The highest BCUT2D eigenvalue weighted by Gasteiger charge is 2.27. The van der Waals surface area contributed by atoms with Crippen LogP contribution in [0.2, 0.25) is 0 Å². The van der Waals surface area contributed by atoms with Crippen molar-refractivity contribution >= 4 is 11.6 Å². The van der Waals surface area contributed by atoms with Crippen molar-refractivity contribution in [1.29, 1.82) is 0 Å². The second-order valence-corrected chi connectivity index (χ2v) is 6.65. The molecule has 0 spiro atoms. The van der Waals surface area contributed by atoms with Gasteiger partial charge in [0.05, 0.1) is 0 Å². The summed E-state index contributed by atoms with van der Waals surface area (Å²) in [7, 11) is 0. The molecule has 1 aromatic rings. The Bertz CT molecular complexity index is 458. The van der Waals surface area contributed by atoms with E-state index in [1.165, 1.54) is 12.8 Å². The van der Waals surface area contributed by atoms with Crippen LogP contribution >= 0.6 is 0 Å². The smallest absolute Gasteiger partial charge is 0.136 e. The zero-order valence-electron chi connectivity index (χ0n) is 13.4. The van der Waals surface area contributed by atoms with Crippen LogP contribution in [0.1, 0.15) is 58.2 Å². The Labute approximate surface area is 127 Å². The minimum Gasteiger partial charge on any atom is -0.396 e. The van der Waals surface area contributed by atoms with Gasteiger partial charge in [-0.1, -0.05) is 13.8 Å². The highest BCUT2D eigenvalue weighted by atomic mass is 16.2.